The van der Waals surface area contributed by atoms with Crippen LogP contribution in [0.25, 0.3) is 0 Å². The second-order valence-electron chi connectivity index (χ2n) is 3.32. The molecule has 0 saturated heterocycles. The molecule has 0 heterocycles. The average Bonchev–Trinajstić information content (AvgIpc) is 2.08. The zero-order chi connectivity index (χ0) is 10.1. The summed E-state index contributed by atoms with van der Waals surface area (Å²) in [5.41, 5.74) is 0. The van der Waals surface area contributed by atoms with E-state index in [0.29, 0.717) is 13.0 Å². The summed E-state index contributed by atoms with van der Waals surface area (Å²) < 4.78 is 4.90. The lowest BCUT2D eigenvalue weighted by molar-refractivity contribution is -0.143. The largest absolute Gasteiger partial charge is 0.466 e. The maximum Gasteiger partial charge on any atom is 0.305 e. The maximum absolute atomic E-state index is 11.0. The van der Waals surface area contributed by atoms with Gasteiger partial charge in [0.05, 0.1) is 12.7 Å². The molecular weight excluding hydrogens is 168 g/mol. The number of hydrogen-bond donors (Lipinski definition) is 1. The van der Waals surface area contributed by atoms with Gasteiger partial charge in [-0.1, -0.05) is 13.3 Å². The van der Waals surface area contributed by atoms with Crippen molar-refractivity contribution in [2.45, 2.75) is 52.1 Å². The van der Waals surface area contributed by atoms with Crippen LogP contribution < -0.4 is 0 Å². The van der Waals surface area contributed by atoms with Gasteiger partial charge in [0.25, 0.3) is 0 Å². The first-order valence-electron chi connectivity index (χ1n) is 5.00. The number of rotatable bonds is 7. The molecule has 78 valence electrons. The Morgan fingerprint density at radius 3 is 2.69 bits per heavy atom. The van der Waals surface area contributed by atoms with Crippen molar-refractivity contribution < 1.29 is 14.6 Å². The van der Waals surface area contributed by atoms with Crippen LogP contribution in [0.3, 0.4) is 0 Å². The summed E-state index contributed by atoms with van der Waals surface area (Å²) >= 11 is 0. The van der Waals surface area contributed by atoms with E-state index in [1.54, 1.807) is 6.92 Å². The summed E-state index contributed by atoms with van der Waals surface area (Å²) in [4.78, 5) is 11.0. The molecule has 0 radical (unpaired) electrons. The molecule has 0 spiro atoms. The highest BCUT2D eigenvalue weighted by molar-refractivity contribution is 5.69. The topological polar surface area (TPSA) is 46.5 Å². The average molecular weight is 188 g/mol. The molecule has 0 aromatic carbocycles. The van der Waals surface area contributed by atoms with E-state index >= 15 is 0 Å². The maximum atomic E-state index is 11.0. The zero-order valence-corrected chi connectivity index (χ0v) is 8.58. The predicted octanol–water partition coefficient (Wildman–Crippen LogP) is 1.88. The van der Waals surface area contributed by atoms with E-state index in [9.17, 15) is 4.79 Å². The van der Waals surface area contributed by atoms with Gasteiger partial charge in [-0.05, 0) is 26.2 Å². The summed E-state index contributed by atoms with van der Waals surface area (Å²) in [6, 6.07) is 0. The van der Waals surface area contributed by atoms with Gasteiger partial charge in [-0.25, -0.2) is 0 Å². The SMILES string of the molecule is CCCOC(=O)CCCCC(C)O. The molecule has 3 nitrogen and oxygen atoms in total. The van der Waals surface area contributed by atoms with Crippen LogP contribution in [0.1, 0.15) is 46.0 Å². The highest BCUT2D eigenvalue weighted by atomic mass is 16.5. The van der Waals surface area contributed by atoms with Crippen molar-refractivity contribution in [1.29, 1.82) is 0 Å². The van der Waals surface area contributed by atoms with Gasteiger partial charge in [-0.15, -0.1) is 0 Å². The van der Waals surface area contributed by atoms with Crippen molar-refractivity contribution in [1.82, 2.24) is 0 Å². The van der Waals surface area contributed by atoms with Crippen molar-refractivity contribution >= 4 is 5.97 Å². The van der Waals surface area contributed by atoms with Gasteiger partial charge in [-0.3, -0.25) is 4.79 Å². The molecule has 1 unspecified atom stereocenters. The number of esters is 1. The molecule has 0 aromatic heterocycles. The Labute approximate surface area is 80.1 Å². The van der Waals surface area contributed by atoms with Crippen LogP contribution in [0.4, 0.5) is 0 Å². The van der Waals surface area contributed by atoms with Crippen LogP contribution in [0.15, 0.2) is 0 Å². The van der Waals surface area contributed by atoms with Gasteiger partial charge >= 0.3 is 5.97 Å². The minimum Gasteiger partial charge on any atom is -0.466 e. The fourth-order valence-electron chi connectivity index (χ4n) is 0.997. The van der Waals surface area contributed by atoms with Gasteiger partial charge in [0.1, 0.15) is 0 Å². The molecule has 13 heavy (non-hydrogen) atoms. The normalized spacial score (nSPS) is 12.5. The Hall–Kier alpha value is -0.570. The number of carbonyl (C=O) groups is 1. The third-order valence-corrected chi connectivity index (χ3v) is 1.72. The second kappa shape index (κ2) is 8.05. The Bertz CT molecular complexity index is 132. The Morgan fingerprint density at radius 1 is 1.46 bits per heavy atom. The molecule has 0 bridgehead atoms. The van der Waals surface area contributed by atoms with Crippen LogP contribution in [0.5, 0.6) is 0 Å². The molecule has 0 aromatic rings. The van der Waals surface area contributed by atoms with Gasteiger partial charge in [0, 0.05) is 6.42 Å². The molecule has 0 saturated carbocycles. The minimum absolute atomic E-state index is 0.118. The van der Waals surface area contributed by atoms with Crippen molar-refractivity contribution in [3.8, 4) is 0 Å². The molecule has 1 atom stereocenters. The number of unbranched alkanes of at least 4 members (excludes halogenated alkanes) is 1. The monoisotopic (exact) mass is 188 g/mol. The zero-order valence-electron chi connectivity index (χ0n) is 8.58. The summed E-state index contributed by atoms with van der Waals surface area (Å²) in [5.74, 6) is -0.118. The Morgan fingerprint density at radius 2 is 2.15 bits per heavy atom. The van der Waals surface area contributed by atoms with E-state index in [1.165, 1.54) is 0 Å². The van der Waals surface area contributed by atoms with E-state index in [-0.39, 0.29) is 12.1 Å². The Balaban J connectivity index is 3.17. The molecule has 0 amide bonds. The number of ether oxygens (including phenoxy) is 1. The Kier molecular flexibility index (Phi) is 7.69. The molecule has 3 heteroatoms. The third kappa shape index (κ3) is 9.34. The van der Waals surface area contributed by atoms with Gasteiger partial charge in [0.2, 0.25) is 0 Å². The van der Waals surface area contributed by atoms with E-state index in [1.807, 2.05) is 6.92 Å². The van der Waals surface area contributed by atoms with Crippen LogP contribution in [-0.2, 0) is 9.53 Å². The van der Waals surface area contributed by atoms with Crippen LogP contribution in [-0.4, -0.2) is 23.8 Å². The number of aliphatic hydroxyl groups excluding tert-OH is 1. The van der Waals surface area contributed by atoms with E-state index in [4.69, 9.17) is 9.84 Å². The molecule has 0 aliphatic heterocycles. The van der Waals surface area contributed by atoms with Crippen LogP contribution >= 0.6 is 0 Å². The summed E-state index contributed by atoms with van der Waals surface area (Å²) in [7, 11) is 0. The lowest BCUT2D eigenvalue weighted by Crippen LogP contribution is -2.05. The van der Waals surface area contributed by atoms with E-state index < -0.39 is 0 Å². The van der Waals surface area contributed by atoms with Crippen LogP contribution in [0.2, 0.25) is 0 Å². The fraction of sp³-hybridized carbons (Fsp3) is 0.900. The predicted molar refractivity (Wildman–Crippen MR) is 51.4 cm³/mol. The molecule has 0 rings (SSSR count). The fourth-order valence-corrected chi connectivity index (χ4v) is 0.997. The first-order valence-corrected chi connectivity index (χ1v) is 5.00. The second-order valence-corrected chi connectivity index (χ2v) is 3.32. The first-order chi connectivity index (χ1) is 6.16. The molecule has 0 aliphatic rings. The number of aliphatic hydroxyl groups is 1. The number of hydrogen-bond acceptors (Lipinski definition) is 3. The highest BCUT2D eigenvalue weighted by Crippen LogP contribution is 2.04. The molecular formula is C10H20O3. The lowest BCUT2D eigenvalue weighted by atomic mass is 10.1. The van der Waals surface area contributed by atoms with E-state index in [2.05, 4.69) is 0 Å². The number of carbonyl (C=O) groups excluding carboxylic acids is 1. The van der Waals surface area contributed by atoms with Crippen LogP contribution in [0, 0.1) is 0 Å². The molecule has 1 N–H and O–H groups in total. The van der Waals surface area contributed by atoms with Crippen molar-refractivity contribution in [3.05, 3.63) is 0 Å². The molecule has 0 fully saturated rings. The minimum atomic E-state index is -0.258. The van der Waals surface area contributed by atoms with Crippen molar-refractivity contribution in [2.24, 2.45) is 0 Å². The lowest BCUT2D eigenvalue weighted by Gasteiger charge is -2.04. The van der Waals surface area contributed by atoms with Gasteiger partial charge < -0.3 is 9.84 Å². The summed E-state index contributed by atoms with van der Waals surface area (Å²) in [6.07, 6.45) is 3.56. The summed E-state index contributed by atoms with van der Waals surface area (Å²) in [5, 5.41) is 8.94. The first kappa shape index (κ1) is 12.4. The quantitative estimate of drug-likeness (QED) is 0.490. The highest BCUT2D eigenvalue weighted by Gasteiger charge is 2.02. The third-order valence-electron chi connectivity index (χ3n) is 1.72. The molecule has 0 aliphatic carbocycles. The standard InChI is InChI=1S/C10H20O3/c1-3-8-13-10(12)7-5-4-6-9(2)11/h9,11H,3-8H2,1-2H3. The van der Waals surface area contributed by atoms with Gasteiger partial charge in [-0.2, -0.15) is 0 Å². The van der Waals surface area contributed by atoms with Gasteiger partial charge in [0.15, 0.2) is 0 Å². The smallest absolute Gasteiger partial charge is 0.305 e. The van der Waals surface area contributed by atoms with Crippen molar-refractivity contribution in [2.75, 3.05) is 6.61 Å². The van der Waals surface area contributed by atoms with Crippen molar-refractivity contribution in [3.63, 3.8) is 0 Å². The van der Waals surface area contributed by atoms with E-state index in [0.717, 1.165) is 25.7 Å². The summed E-state index contributed by atoms with van der Waals surface area (Å²) in [6.45, 7) is 4.26.